The van der Waals surface area contributed by atoms with Crippen molar-refractivity contribution in [1.82, 2.24) is 0 Å². The molecule has 0 amide bonds. The fraction of sp³-hybridized carbons (Fsp3) is 1.00. The molecule has 0 aliphatic carbocycles. The van der Waals surface area contributed by atoms with Gasteiger partial charge in [0.15, 0.2) is 0 Å². The maximum Gasteiger partial charge on any atom is 1.00 e. The predicted molar refractivity (Wildman–Crippen MR) is 27.5 cm³/mol. The minimum atomic E-state index is -6.00. The summed E-state index contributed by atoms with van der Waals surface area (Å²) < 4.78 is 107. The molecule has 0 unspecified atom stereocenters. The Morgan fingerprint density at radius 1 is 0.500 bits per heavy atom. The number of alkyl halides is 3. The molecule has 0 atom stereocenters. The molecule has 0 saturated carbocycles. The van der Waals surface area contributed by atoms with E-state index in [1.807, 2.05) is 0 Å². The minimum absolute atomic E-state index is 0. The summed E-state index contributed by atoms with van der Waals surface area (Å²) >= 11 is 0. The van der Waals surface area contributed by atoms with E-state index < -0.39 is 21.2 Å². The summed E-state index contributed by atoms with van der Waals surface area (Å²) in [6.07, 6.45) is 0. The van der Waals surface area contributed by atoms with E-state index in [9.17, 15) is 47.7 Å². The second-order valence-corrected chi connectivity index (χ2v) is 1.24. The van der Waals surface area contributed by atoms with E-state index in [-0.39, 0.29) is 37.7 Å². The van der Waals surface area contributed by atoms with Gasteiger partial charge in [0.05, 0.1) is 0 Å². The van der Waals surface area contributed by atoms with Gasteiger partial charge < -0.3 is 34.5 Å². The molecule has 0 heterocycles. The molecule has 0 spiro atoms. The summed E-state index contributed by atoms with van der Waals surface area (Å²) in [4.78, 5) is 0. The molecular formula is CHB2F11Li2. The fourth-order valence-corrected chi connectivity index (χ4v) is 0. The summed E-state index contributed by atoms with van der Waals surface area (Å²) in [5, 5.41) is 0. The maximum absolute atomic E-state index is 9.75. The minimum Gasteiger partial charge on any atom is -0.418 e. The van der Waals surface area contributed by atoms with Crippen LogP contribution in [0.2, 0.25) is 0 Å². The molecule has 15 heteroatoms. The van der Waals surface area contributed by atoms with Gasteiger partial charge in [0, 0.05) is 0 Å². The Morgan fingerprint density at radius 3 is 0.500 bits per heavy atom. The largest absolute Gasteiger partial charge is 1.00 e. The standard InChI is InChI=1S/CHF3.2BF4.2Li/c2-1(3)4;2*2-1(3,4)5;;/h1H;;;;/q;2*-1;2*+1. The SMILES string of the molecule is FC(F)F.F[B-](F)(F)F.F[B-](F)(F)F.[Li+].[Li+]. The van der Waals surface area contributed by atoms with E-state index in [0.717, 1.165) is 0 Å². The molecule has 0 radical (unpaired) electrons. The van der Waals surface area contributed by atoms with Gasteiger partial charge in [0.2, 0.25) is 0 Å². The van der Waals surface area contributed by atoms with Crippen molar-refractivity contribution in [1.29, 1.82) is 0 Å². The summed E-state index contributed by atoms with van der Waals surface area (Å²) in [5.74, 6) is 0. The van der Waals surface area contributed by atoms with Crippen LogP contribution in [-0.2, 0) is 0 Å². The van der Waals surface area contributed by atoms with Crippen LogP contribution in [-0.4, -0.2) is 21.2 Å². The maximum atomic E-state index is 9.75. The normalized spacial score (nSPS) is 9.75. The smallest absolute Gasteiger partial charge is 0.418 e. The van der Waals surface area contributed by atoms with Gasteiger partial charge in [-0.3, -0.25) is 0 Å². The zero-order valence-corrected chi connectivity index (χ0v) is 7.89. The van der Waals surface area contributed by atoms with Crippen LogP contribution in [0.15, 0.2) is 0 Å². The molecule has 0 nitrogen and oxygen atoms in total. The first-order valence-electron chi connectivity index (χ1n) is 2.40. The molecule has 0 N–H and O–H groups in total. The van der Waals surface area contributed by atoms with Gasteiger partial charge in [-0.15, -0.1) is 0 Å². The third-order valence-corrected chi connectivity index (χ3v) is 0. The number of halogens is 11. The molecule has 16 heavy (non-hydrogen) atoms. The molecule has 0 fully saturated rings. The predicted octanol–water partition coefficient (Wildman–Crippen LogP) is -2.21. The number of hydrogen-bond donors (Lipinski definition) is 0. The van der Waals surface area contributed by atoms with Gasteiger partial charge in [-0.05, 0) is 0 Å². The van der Waals surface area contributed by atoms with Crippen LogP contribution in [0.5, 0.6) is 0 Å². The van der Waals surface area contributed by atoms with E-state index in [1.54, 1.807) is 0 Å². The van der Waals surface area contributed by atoms with Crippen LogP contribution in [0.25, 0.3) is 0 Å². The van der Waals surface area contributed by atoms with Crippen LogP contribution in [0.1, 0.15) is 0 Å². The first-order chi connectivity index (χ1) is 5.73. The van der Waals surface area contributed by atoms with E-state index in [2.05, 4.69) is 0 Å². The molecule has 0 bridgehead atoms. The van der Waals surface area contributed by atoms with Crippen LogP contribution >= 0.6 is 0 Å². The van der Waals surface area contributed by atoms with E-state index in [0.29, 0.717) is 0 Å². The molecule has 90 valence electrons. The van der Waals surface area contributed by atoms with Crippen LogP contribution < -0.4 is 37.7 Å². The van der Waals surface area contributed by atoms with E-state index in [1.165, 1.54) is 0 Å². The first kappa shape index (κ1) is 30.0. The van der Waals surface area contributed by atoms with Gasteiger partial charge in [0.1, 0.15) is 0 Å². The quantitative estimate of drug-likeness (QED) is 0.341. The van der Waals surface area contributed by atoms with Gasteiger partial charge >= 0.3 is 58.9 Å². The van der Waals surface area contributed by atoms with Gasteiger partial charge in [-0.25, -0.2) is 0 Å². The van der Waals surface area contributed by atoms with E-state index in [4.69, 9.17) is 0 Å². The van der Waals surface area contributed by atoms with Gasteiger partial charge in [0.25, 0.3) is 0 Å². The second-order valence-electron chi connectivity index (χ2n) is 1.24. The zero-order chi connectivity index (χ0) is 12.6. The molecule has 0 rings (SSSR count). The average molecular weight is 258 g/mol. The molecule has 0 aromatic heterocycles. The Labute approximate surface area is 107 Å². The Morgan fingerprint density at radius 2 is 0.500 bits per heavy atom. The van der Waals surface area contributed by atoms with Crippen molar-refractivity contribution in [3.63, 3.8) is 0 Å². The molecule has 0 aromatic rings. The van der Waals surface area contributed by atoms with Crippen molar-refractivity contribution in [2.45, 2.75) is 6.68 Å². The Kier molecular flexibility index (Phi) is 25.5. The summed E-state index contributed by atoms with van der Waals surface area (Å²) in [7, 11) is -12.0. The van der Waals surface area contributed by atoms with Crippen LogP contribution in [0, 0.1) is 0 Å². The third-order valence-electron chi connectivity index (χ3n) is 0. The average Bonchev–Trinajstić information content (AvgIpc) is 1.45. The Balaban J connectivity index is -0.0000000358. The van der Waals surface area contributed by atoms with Crippen LogP contribution in [0.3, 0.4) is 0 Å². The summed E-state index contributed by atoms with van der Waals surface area (Å²) in [5.41, 5.74) is 0. The number of hydrogen-bond acceptors (Lipinski definition) is 0. The van der Waals surface area contributed by atoms with Gasteiger partial charge in [-0.1, -0.05) is 0 Å². The molecule has 0 aliphatic heterocycles. The topological polar surface area (TPSA) is 0 Å². The fourth-order valence-electron chi connectivity index (χ4n) is 0. The van der Waals surface area contributed by atoms with Crippen molar-refractivity contribution in [3.8, 4) is 0 Å². The van der Waals surface area contributed by atoms with Crippen molar-refractivity contribution >= 4 is 14.5 Å². The van der Waals surface area contributed by atoms with Crippen LogP contribution in [0.4, 0.5) is 47.7 Å². The molecule has 0 aliphatic rings. The first-order valence-corrected chi connectivity index (χ1v) is 2.40. The Bertz CT molecular complexity index is 91.4. The molecular weight excluding hydrogens is 256 g/mol. The summed E-state index contributed by atoms with van der Waals surface area (Å²) in [6.45, 7) is -3.67. The summed E-state index contributed by atoms with van der Waals surface area (Å²) in [6, 6.07) is 0. The van der Waals surface area contributed by atoms with Crippen molar-refractivity contribution < 1.29 is 85.4 Å². The zero-order valence-electron chi connectivity index (χ0n) is 7.89. The number of rotatable bonds is 0. The third kappa shape index (κ3) is 8690. The second kappa shape index (κ2) is 13.6. The molecule has 0 aromatic carbocycles. The molecule has 0 saturated heterocycles. The van der Waals surface area contributed by atoms with E-state index >= 15 is 0 Å². The Hall–Kier alpha value is 0.555. The van der Waals surface area contributed by atoms with Gasteiger partial charge in [-0.2, -0.15) is 13.2 Å². The monoisotopic (exact) mass is 258 g/mol. The van der Waals surface area contributed by atoms with Crippen molar-refractivity contribution in [2.24, 2.45) is 0 Å². The van der Waals surface area contributed by atoms with Crippen molar-refractivity contribution in [3.05, 3.63) is 0 Å². The van der Waals surface area contributed by atoms with Crippen molar-refractivity contribution in [2.75, 3.05) is 0 Å².